The average Bonchev–Trinajstić information content (AvgIpc) is 2.93. The molecule has 10 nitrogen and oxygen atoms in total. The van der Waals surface area contributed by atoms with Gasteiger partial charge >= 0.3 is 12.1 Å². The van der Waals surface area contributed by atoms with Crippen LogP contribution in [0.3, 0.4) is 0 Å². The number of alkyl carbamates (subject to hydrolysis) is 1. The molecule has 0 saturated carbocycles. The Labute approximate surface area is 248 Å². The van der Waals surface area contributed by atoms with Crippen molar-refractivity contribution in [2.24, 2.45) is 0 Å². The van der Waals surface area contributed by atoms with Crippen molar-refractivity contribution < 1.29 is 33.8 Å². The van der Waals surface area contributed by atoms with Crippen molar-refractivity contribution in [3.63, 3.8) is 0 Å². The molecule has 2 aromatic rings. The number of ether oxygens (including phenoxy) is 2. The van der Waals surface area contributed by atoms with Crippen molar-refractivity contribution in [1.82, 2.24) is 15.5 Å². The molecule has 0 saturated heterocycles. The third-order valence-electron chi connectivity index (χ3n) is 6.58. The summed E-state index contributed by atoms with van der Waals surface area (Å²) >= 11 is 0. The molecule has 0 aliphatic heterocycles. The Bertz CT molecular complexity index is 1190. The van der Waals surface area contributed by atoms with Crippen LogP contribution in [0.5, 0.6) is 5.75 Å². The van der Waals surface area contributed by atoms with Gasteiger partial charge in [0.25, 0.3) is 0 Å². The first-order chi connectivity index (χ1) is 19.9. The number of carbonyl (C=O) groups is 4. The predicted octanol–water partition coefficient (Wildman–Crippen LogP) is 4.58. The summed E-state index contributed by atoms with van der Waals surface area (Å²) < 4.78 is 10.2. The second-order valence-electron chi connectivity index (χ2n) is 11.2. The largest absolute Gasteiger partial charge is 0.508 e. The van der Waals surface area contributed by atoms with Crippen LogP contribution in [0.2, 0.25) is 0 Å². The molecule has 2 rings (SSSR count). The molecule has 2 unspecified atom stereocenters. The highest BCUT2D eigenvalue weighted by Crippen LogP contribution is 2.27. The number of unbranched alkanes of at least 4 members (excludes halogenated alkanes) is 3. The monoisotopic (exact) mass is 583 g/mol. The molecular weight excluding hydrogens is 538 g/mol. The minimum Gasteiger partial charge on any atom is -0.508 e. The Balaban J connectivity index is 2.57. The molecule has 0 heterocycles. The maximum Gasteiger partial charge on any atom is 0.408 e. The van der Waals surface area contributed by atoms with E-state index in [0.29, 0.717) is 17.5 Å². The molecule has 3 N–H and O–H groups in total. The molecule has 2 atom stereocenters. The number of aryl methyl sites for hydroxylation is 1. The third-order valence-corrected chi connectivity index (χ3v) is 6.58. The lowest BCUT2D eigenvalue weighted by Gasteiger charge is -2.35. The zero-order chi connectivity index (χ0) is 31.3. The Hall–Kier alpha value is -4.08. The number of benzene rings is 2. The van der Waals surface area contributed by atoms with E-state index in [4.69, 9.17) is 9.47 Å². The van der Waals surface area contributed by atoms with E-state index in [2.05, 4.69) is 17.6 Å². The lowest BCUT2D eigenvalue weighted by atomic mass is 9.96. The summed E-state index contributed by atoms with van der Waals surface area (Å²) in [5.74, 6) is -1.57. The van der Waals surface area contributed by atoms with Gasteiger partial charge in [0.15, 0.2) is 0 Å². The second-order valence-corrected chi connectivity index (χ2v) is 11.2. The van der Waals surface area contributed by atoms with Crippen LogP contribution in [0.4, 0.5) is 4.79 Å². The molecule has 0 fully saturated rings. The van der Waals surface area contributed by atoms with Crippen LogP contribution >= 0.6 is 0 Å². The molecule has 2 aromatic carbocycles. The van der Waals surface area contributed by atoms with Gasteiger partial charge in [0.2, 0.25) is 11.8 Å². The summed E-state index contributed by atoms with van der Waals surface area (Å²) in [5.41, 5.74) is 1.28. The van der Waals surface area contributed by atoms with Gasteiger partial charge in [0, 0.05) is 13.0 Å². The Morgan fingerprint density at radius 2 is 1.64 bits per heavy atom. The van der Waals surface area contributed by atoms with Crippen molar-refractivity contribution in [1.29, 1.82) is 0 Å². The fourth-order valence-corrected chi connectivity index (χ4v) is 4.47. The quantitative estimate of drug-likeness (QED) is 0.219. The van der Waals surface area contributed by atoms with E-state index in [0.717, 1.165) is 24.8 Å². The summed E-state index contributed by atoms with van der Waals surface area (Å²) in [7, 11) is 1.23. The summed E-state index contributed by atoms with van der Waals surface area (Å²) in [5, 5.41) is 15.1. The topological polar surface area (TPSA) is 134 Å². The first kappa shape index (κ1) is 34.1. The van der Waals surface area contributed by atoms with Gasteiger partial charge in [-0.3, -0.25) is 14.4 Å². The lowest BCUT2D eigenvalue weighted by molar-refractivity contribution is -0.144. The van der Waals surface area contributed by atoms with Crippen LogP contribution in [0.1, 0.15) is 76.1 Å². The number of carbonyl (C=O) groups excluding carboxylic acids is 4. The van der Waals surface area contributed by atoms with Crippen LogP contribution in [0.25, 0.3) is 0 Å². The highest BCUT2D eigenvalue weighted by Gasteiger charge is 2.37. The number of methoxy groups -OCH3 is 1. The van der Waals surface area contributed by atoms with E-state index in [1.165, 1.54) is 24.1 Å². The van der Waals surface area contributed by atoms with Crippen molar-refractivity contribution in [2.45, 2.75) is 84.4 Å². The van der Waals surface area contributed by atoms with E-state index < -0.39 is 41.6 Å². The van der Waals surface area contributed by atoms with Gasteiger partial charge in [0.1, 0.15) is 30.0 Å². The van der Waals surface area contributed by atoms with E-state index >= 15 is 0 Å². The number of hydrogen-bond donors (Lipinski definition) is 3. The summed E-state index contributed by atoms with van der Waals surface area (Å²) in [6.45, 7) is 8.99. The SMILES string of the molecule is CCCCCCN(C(=O)C(Cc1ccc(O)cc1)NC(=O)OC(C)(C)C)C(C(=O)NCC(=O)OC)c1ccccc1C. The van der Waals surface area contributed by atoms with Crippen LogP contribution in [-0.2, 0) is 30.3 Å². The van der Waals surface area contributed by atoms with Gasteiger partial charge in [-0.2, -0.15) is 0 Å². The Kier molecular flexibility index (Phi) is 13.3. The molecule has 0 bridgehead atoms. The number of nitrogens with one attached hydrogen (secondary N) is 2. The fraction of sp³-hybridized carbons (Fsp3) is 0.500. The molecule has 230 valence electrons. The zero-order valence-electron chi connectivity index (χ0n) is 25.6. The first-order valence-corrected chi connectivity index (χ1v) is 14.3. The molecule has 0 aliphatic carbocycles. The maximum atomic E-state index is 14.4. The van der Waals surface area contributed by atoms with Crippen molar-refractivity contribution in [2.75, 3.05) is 20.2 Å². The van der Waals surface area contributed by atoms with E-state index in [-0.39, 0.29) is 25.3 Å². The number of rotatable bonds is 14. The number of esters is 1. The van der Waals surface area contributed by atoms with Gasteiger partial charge < -0.3 is 30.1 Å². The number of hydrogen-bond acceptors (Lipinski definition) is 7. The number of phenolic OH excluding ortho intramolecular Hbond substituents is 1. The molecule has 0 aliphatic rings. The molecule has 42 heavy (non-hydrogen) atoms. The third kappa shape index (κ3) is 11.1. The summed E-state index contributed by atoms with van der Waals surface area (Å²) in [4.78, 5) is 54.4. The van der Waals surface area contributed by atoms with Crippen LogP contribution in [0, 0.1) is 6.92 Å². The van der Waals surface area contributed by atoms with Crippen LogP contribution in [0.15, 0.2) is 48.5 Å². The Morgan fingerprint density at radius 3 is 2.24 bits per heavy atom. The number of amides is 3. The van der Waals surface area contributed by atoms with Gasteiger partial charge in [-0.05, 0) is 62.9 Å². The first-order valence-electron chi connectivity index (χ1n) is 14.3. The summed E-state index contributed by atoms with van der Waals surface area (Å²) in [6.07, 6.45) is 2.73. The zero-order valence-corrected chi connectivity index (χ0v) is 25.6. The van der Waals surface area contributed by atoms with Gasteiger partial charge in [0.05, 0.1) is 7.11 Å². The van der Waals surface area contributed by atoms with Crippen molar-refractivity contribution in [3.8, 4) is 5.75 Å². The fourth-order valence-electron chi connectivity index (χ4n) is 4.47. The predicted molar refractivity (Wildman–Crippen MR) is 160 cm³/mol. The van der Waals surface area contributed by atoms with Crippen LogP contribution < -0.4 is 10.6 Å². The van der Waals surface area contributed by atoms with E-state index in [9.17, 15) is 24.3 Å². The highest BCUT2D eigenvalue weighted by molar-refractivity contribution is 5.93. The second kappa shape index (κ2) is 16.4. The molecular formula is C32H45N3O7. The number of nitrogens with zero attached hydrogens (tertiary/aromatic N) is 1. The minimum atomic E-state index is -1.09. The molecule has 3 amide bonds. The highest BCUT2D eigenvalue weighted by atomic mass is 16.6. The normalized spacial score (nSPS) is 12.5. The Morgan fingerprint density at radius 1 is 0.976 bits per heavy atom. The van der Waals surface area contributed by atoms with Crippen molar-refractivity contribution >= 4 is 23.9 Å². The van der Waals surface area contributed by atoms with Gasteiger partial charge in [-0.15, -0.1) is 0 Å². The molecule has 0 radical (unpaired) electrons. The molecule has 0 aromatic heterocycles. The van der Waals surface area contributed by atoms with E-state index in [1.807, 2.05) is 19.1 Å². The van der Waals surface area contributed by atoms with Crippen LogP contribution in [-0.4, -0.2) is 65.7 Å². The molecule has 10 heteroatoms. The lowest BCUT2D eigenvalue weighted by Crippen LogP contribution is -2.54. The van der Waals surface area contributed by atoms with Gasteiger partial charge in [-0.1, -0.05) is 62.6 Å². The maximum absolute atomic E-state index is 14.4. The average molecular weight is 584 g/mol. The summed E-state index contributed by atoms with van der Waals surface area (Å²) in [6, 6.07) is 11.4. The standard InChI is InChI=1S/C32H45N3O7/c1-7-8-9-12-19-35(28(25-14-11-10-13-22(25)2)29(38)33-21-27(37)41-6)30(39)26(34-31(40)42-32(3,4)5)20-23-15-17-24(36)18-16-23/h10-11,13-18,26,28,36H,7-9,12,19-21H2,1-6H3,(H,33,38)(H,34,40). The smallest absolute Gasteiger partial charge is 0.408 e. The minimum absolute atomic E-state index is 0.0705. The van der Waals surface area contributed by atoms with Crippen molar-refractivity contribution in [3.05, 3.63) is 65.2 Å². The number of phenols is 1. The van der Waals surface area contributed by atoms with Gasteiger partial charge in [-0.25, -0.2) is 4.79 Å². The van der Waals surface area contributed by atoms with E-state index in [1.54, 1.807) is 45.0 Å². The number of aromatic hydroxyl groups is 1. The molecule has 0 spiro atoms.